The third kappa shape index (κ3) is 3.78. The lowest BCUT2D eigenvalue weighted by Gasteiger charge is -2.27. The molecule has 1 aromatic rings. The molecule has 2 atom stereocenters. The van der Waals surface area contributed by atoms with Gasteiger partial charge in [0, 0.05) is 12.6 Å². The number of aryl methyl sites for hydroxylation is 1. The van der Waals surface area contributed by atoms with Crippen LogP contribution in [0.25, 0.3) is 0 Å². The first-order valence-electron chi connectivity index (χ1n) is 8.47. The van der Waals surface area contributed by atoms with Crippen LogP contribution in [0.3, 0.4) is 0 Å². The number of nitrogens with one attached hydrogen (secondary N) is 1. The number of hydrogen-bond donors (Lipinski definition) is 1. The summed E-state index contributed by atoms with van der Waals surface area (Å²) in [6.07, 6.45) is 7.48. The summed E-state index contributed by atoms with van der Waals surface area (Å²) in [7, 11) is 0. The second kappa shape index (κ2) is 7.28. The lowest BCUT2D eigenvalue weighted by Crippen LogP contribution is -2.25. The van der Waals surface area contributed by atoms with Gasteiger partial charge in [0.05, 0.1) is 6.10 Å². The van der Waals surface area contributed by atoms with Crippen molar-refractivity contribution < 1.29 is 9.47 Å². The van der Waals surface area contributed by atoms with Gasteiger partial charge in [-0.05, 0) is 68.3 Å². The van der Waals surface area contributed by atoms with Crippen LogP contribution in [0.5, 0.6) is 5.75 Å². The van der Waals surface area contributed by atoms with Crippen molar-refractivity contribution in [2.24, 2.45) is 0 Å². The molecule has 2 aliphatic rings. The fraction of sp³-hybridized carbons (Fsp3) is 0.667. The van der Waals surface area contributed by atoms with Gasteiger partial charge >= 0.3 is 0 Å². The predicted octanol–water partition coefficient (Wildman–Crippen LogP) is 3.62. The average molecular weight is 289 g/mol. The third-order valence-electron chi connectivity index (χ3n) is 4.53. The minimum Gasteiger partial charge on any atom is -0.491 e. The maximum absolute atomic E-state index is 5.93. The molecule has 1 heterocycles. The van der Waals surface area contributed by atoms with Gasteiger partial charge in [-0.3, -0.25) is 0 Å². The van der Waals surface area contributed by atoms with E-state index in [1.165, 1.54) is 43.2 Å². The first-order valence-corrected chi connectivity index (χ1v) is 8.47. The highest BCUT2D eigenvalue weighted by Crippen LogP contribution is 2.32. The van der Waals surface area contributed by atoms with E-state index in [0.717, 1.165) is 25.3 Å². The van der Waals surface area contributed by atoms with Crippen LogP contribution in [0.2, 0.25) is 0 Å². The van der Waals surface area contributed by atoms with Gasteiger partial charge in [-0.1, -0.05) is 13.0 Å². The topological polar surface area (TPSA) is 30.5 Å². The van der Waals surface area contributed by atoms with Crippen molar-refractivity contribution in [3.63, 3.8) is 0 Å². The molecule has 0 saturated carbocycles. The summed E-state index contributed by atoms with van der Waals surface area (Å²) in [6.45, 7) is 4.90. The molecule has 3 nitrogen and oxygen atoms in total. The lowest BCUT2D eigenvalue weighted by atomic mass is 9.87. The number of benzene rings is 1. The Morgan fingerprint density at radius 3 is 3.05 bits per heavy atom. The van der Waals surface area contributed by atoms with Crippen LogP contribution < -0.4 is 10.1 Å². The maximum atomic E-state index is 5.93. The standard InChI is InChI=1S/C18H27NO2/c1-2-10-19-18-7-3-5-14-12-15(8-9-17(14)18)21-13-16-6-4-11-20-16/h8-9,12,16,18-19H,2-7,10-11,13H2,1H3. The van der Waals surface area contributed by atoms with E-state index in [0.29, 0.717) is 18.8 Å². The van der Waals surface area contributed by atoms with Crippen LogP contribution in [0, 0.1) is 0 Å². The Hall–Kier alpha value is -1.06. The fourth-order valence-corrected chi connectivity index (χ4v) is 3.38. The molecule has 1 saturated heterocycles. The molecule has 3 heteroatoms. The zero-order valence-electron chi connectivity index (χ0n) is 13.1. The number of rotatable bonds is 6. The van der Waals surface area contributed by atoms with Gasteiger partial charge in [0.1, 0.15) is 12.4 Å². The van der Waals surface area contributed by atoms with Gasteiger partial charge in [-0.15, -0.1) is 0 Å². The molecule has 1 fully saturated rings. The van der Waals surface area contributed by atoms with Crippen molar-refractivity contribution in [3.05, 3.63) is 29.3 Å². The Labute approximate surface area is 128 Å². The van der Waals surface area contributed by atoms with Crippen LogP contribution in [-0.4, -0.2) is 25.9 Å². The van der Waals surface area contributed by atoms with Crippen LogP contribution in [0.4, 0.5) is 0 Å². The van der Waals surface area contributed by atoms with Gasteiger partial charge in [0.2, 0.25) is 0 Å². The molecular weight excluding hydrogens is 262 g/mol. The summed E-state index contributed by atoms with van der Waals surface area (Å²) >= 11 is 0. The molecule has 0 bridgehead atoms. The lowest BCUT2D eigenvalue weighted by molar-refractivity contribution is 0.0679. The first-order chi connectivity index (χ1) is 10.4. The smallest absolute Gasteiger partial charge is 0.119 e. The molecule has 1 aliphatic heterocycles. The van der Waals surface area contributed by atoms with Crippen LogP contribution in [-0.2, 0) is 11.2 Å². The van der Waals surface area contributed by atoms with E-state index in [2.05, 4.69) is 30.4 Å². The summed E-state index contributed by atoms with van der Waals surface area (Å²) in [6, 6.07) is 7.15. The highest BCUT2D eigenvalue weighted by atomic mass is 16.5. The molecule has 21 heavy (non-hydrogen) atoms. The zero-order chi connectivity index (χ0) is 14.5. The van der Waals surface area contributed by atoms with E-state index >= 15 is 0 Å². The first kappa shape index (κ1) is 14.9. The second-order valence-electron chi connectivity index (χ2n) is 6.21. The van der Waals surface area contributed by atoms with Gasteiger partial charge < -0.3 is 14.8 Å². The Morgan fingerprint density at radius 2 is 2.24 bits per heavy atom. The normalized spacial score (nSPS) is 24.8. The number of ether oxygens (including phenoxy) is 2. The molecule has 0 spiro atoms. The summed E-state index contributed by atoms with van der Waals surface area (Å²) < 4.78 is 11.5. The van der Waals surface area contributed by atoms with E-state index in [4.69, 9.17) is 9.47 Å². The molecule has 1 aliphatic carbocycles. The quantitative estimate of drug-likeness (QED) is 0.867. The molecule has 2 unspecified atom stereocenters. The number of fused-ring (bicyclic) bond motifs is 1. The Morgan fingerprint density at radius 1 is 1.29 bits per heavy atom. The summed E-state index contributed by atoms with van der Waals surface area (Å²) in [5, 5.41) is 3.66. The van der Waals surface area contributed by atoms with Gasteiger partial charge in [-0.25, -0.2) is 0 Å². The van der Waals surface area contributed by atoms with E-state index in [1.807, 2.05) is 0 Å². The maximum Gasteiger partial charge on any atom is 0.119 e. The number of hydrogen-bond acceptors (Lipinski definition) is 3. The van der Waals surface area contributed by atoms with Crippen LogP contribution >= 0.6 is 0 Å². The minimum absolute atomic E-state index is 0.292. The average Bonchev–Trinajstić information content (AvgIpc) is 3.04. The molecule has 0 aromatic heterocycles. The second-order valence-corrected chi connectivity index (χ2v) is 6.21. The molecular formula is C18H27NO2. The minimum atomic E-state index is 0.292. The largest absolute Gasteiger partial charge is 0.491 e. The highest BCUT2D eigenvalue weighted by molar-refractivity contribution is 5.39. The fourth-order valence-electron chi connectivity index (χ4n) is 3.38. The third-order valence-corrected chi connectivity index (χ3v) is 4.53. The predicted molar refractivity (Wildman–Crippen MR) is 84.9 cm³/mol. The van der Waals surface area contributed by atoms with Crippen molar-refractivity contribution in [1.82, 2.24) is 5.32 Å². The molecule has 3 rings (SSSR count). The van der Waals surface area contributed by atoms with Crippen molar-refractivity contribution in [1.29, 1.82) is 0 Å². The highest BCUT2D eigenvalue weighted by Gasteiger charge is 2.20. The summed E-state index contributed by atoms with van der Waals surface area (Å²) in [5.74, 6) is 1.00. The van der Waals surface area contributed by atoms with Gasteiger partial charge in [0.15, 0.2) is 0 Å². The molecule has 1 aromatic carbocycles. The Balaban J connectivity index is 1.62. The van der Waals surface area contributed by atoms with E-state index in [-0.39, 0.29) is 0 Å². The molecule has 0 amide bonds. The molecule has 116 valence electrons. The SMILES string of the molecule is CCCNC1CCCc2cc(OCC3CCCO3)ccc21. The summed E-state index contributed by atoms with van der Waals surface area (Å²) in [5.41, 5.74) is 2.93. The van der Waals surface area contributed by atoms with Crippen LogP contribution in [0.15, 0.2) is 18.2 Å². The van der Waals surface area contributed by atoms with Crippen molar-refractivity contribution in [2.45, 2.75) is 57.6 Å². The Bertz CT molecular complexity index is 455. The zero-order valence-corrected chi connectivity index (χ0v) is 13.1. The summed E-state index contributed by atoms with van der Waals surface area (Å²) in [4.78, 5) is 0. The molecule has 1 N–H and O–H groups in total. The Kier molecular flexibility index (Phi) is 5.15. The van der Waals surface area contributed by atoms with E-state index in [9.17, 15) is 0 Å². The van der Waals surface area contributed by atoms with Gasteiger partial charge in [-0.2, -0.15) is 0 Å². The van der Waals surface area contributed by atoms with Crippen molar-refractivity contribution in [3.8, 4) is 5.75 Å². The molecule has 0 radical (unpaired) electrons. The van der Waals surface area contributed by atoms with Crippen LogP contribution in [0.1, 0.15) is 56.2 Å². The van der Waals surface area contributed by atoms with Crippen molar-refractivity contribution in [2.75, 3.05) is 19.8 Å². The van der Waals surface area contributed by atoms with E-state index < -0.39 is 0 Å². The van der Waals surface area contributed by atoms with Crippen molar-refractivity contribution >= 4 is 0 Å². The monoisotopic (exact) mass is 289 g/mol. The van der Waals surface area contributed by atoms with E-state index in [1.54, 1.807) is 0 Å². The van der Waals surface area contributed by atoms with Gasteiger partial charge in [0.25, 0.3) is 0 Å².